The third kappa shape index (κ3) is 8.47. The smallest absolute Gasteiger partial charge is 0.00718 e. The quantitative estimate of drug-likeness (QED) is 0.330. The van der Waals surface area contributed by atoms with Gasteiger partial charge in [-0.2, -0.15) is 0 Å². The molecule has 0 unspecified atom stereocenters. The minimum absolute atomic E-state index is 1.06. The molecule has 108 valence electrons. The molecule has 0 bridgehead atoms. The van der Waals surface area contributed by atoms with Crippen LogP contribution < -0.4 is 0 Å². The van der Waals surface area contributed by atoms with Gasteiger partial charge in [0.25, 0.3) is 0 Å². The number of aryl methyl sites for hydroxylation is 2. The van der Waals surface area contributed by atoms with Crippen LogP contribution in [-0.2, 0) is 12.8 Å². The maximum atomic E-state index is 3.49. The summed E-state index contributed by atoms with van der Waals surface area (Å²) in [6.07, 6.45) is 13.6. The molecule has 0 fully saturated rings. The van der Waals surface area contributed by atoms with Gasteiger partial charge in [0.1, 0.15) is 0 Å². The highest BCUT2D eigenvalue weighted by Crippen LogP contribution is 2.12. The highest BCUT2D eigenvalue weighted by atomic mass is 79.9. The third-order valence-electron chi connectivity index (χ3n) is 3.73. The van der Waals surface area contributed by atoms with Crippen molar-refractivity contribution in [2.24, 2.45) is 0 Å². The second kappa shape index (κ2) is 11.5. The van der Waals surface area contributed by atoms with Crippen molar-refractivity contribution in [3.63, 3.8) is 0 Å². The molecular weight excluding hydrogens is 296 g/mol. The summed E-state index contributed by atoms with van der Waals surface area (Å²) >= 11 is 3.49. The molecule has 0 heterocycles. The van der Waals surface area contributed by atoms with Crippen molar-refractivity contribution in [1.82, 2.24) is 0 Å². The highest BCUT2D eigenvalue weighted by Gasteiger charge is 1.96. The average molecular weight is 325 g/mol. The molecule has 0 saturated carbocycles. The van der Waals surface area contributed by atoms with Crippen molar-refractivity contribution in [3.05, 3.63) is 35.4 Å². The Hall–Kier alpha value is -0.300. The molecule has 0 spiro atoms. The molecule has 0 aliphatic heterocycles. The first-order chi connectivity index (χ1) is 9.36. The van der Waals surface area contributed by atoms with Gasteiger partial charge in [0.15, 0.2) is 0 Å². The highest BCUT2D eigenvalue weighted by molar-refractivity contribution is 9.09. The van der Waals surface area contributed by atoms with E-state index in [1.54, 1.807) is 0 Å². The van der Waals surface area contributed by atoms with Gasteiger partial charge in [0, 0.05) is 5.33 Å². The normalized spacial score (nSPS) is 10.8. The van der Waals surface area contributed by atoms with Crippen molar-refractivity contribution < 1.29 is 0 Å². The van der Waals surface area contributed by atoms with E-state index in [2.05, 4.69) is 47.1 Å². The van der Waals surface area contributed by atoms with Crippen LogP contribution in [0.15, 0.2) is 24.3 Å². The number of hydrogen-bond donors (Lipinski definition) is 0. The Labute approximate surface area is 128 Å². The van der Waals surface area contributed by atoms with Crippen molar-refractivity contribution in [2.75, 3.05) is 5.33 Å². The summed E-state index contributed by atoms with van der Waals surface area (Å²) in [6, 6.07) is 9.17. The van der Waals surface area contributed by atoms with Crippen LogP contribution in [0.3, 0.4) is 0 Å². The van der Waals surface area contributed by atoms with Crippen molar-refractivity contribution >= 4 is 15.9 Å². The van der Waals surface area contributed by atoms with E-state index in [0.717, 1.165) is 11.8 Å². The molecule has 0 aliphatic rings. The predicted molar refractivity (Wildman–Crippen MR) is 90.3 cm³/mol. The summed E-state index contributed by atoms with van der Waals surface area (Å²) in [7, 11) is 0. The van der Waals surface area contributed by atoms with E-state index in [-0.39, 0.29) is 0 Å². The first-order valence-corrected chi connectivity index (χ1v) is 9.12. The lowest BCUT2D eigenvalue weighted by Crippen LogP contribution is -1.89. The molecule has 0 amide bonds. The monoisotopic (exact) mass is 324 g/mol. The van der Waals surface area contributed by atoms with Crippen LogP contribution in [0.5, 0.6) is 0 Å². The molecule has 0 radical (unpaired) electrons. The summed E-state index contributed by atoms with van der Waals surface area (Å²) in [5, 5.41) is 1.06. The first-order valence-electron chi connectivity index (χ1n) is 8.00. The van der Waals surface area contributed by atoms with Crippen LogP contribution >= 0.6 is 15.9 Å². The van der Waals surface area contributed by atoms with Crippen molar-refractivity contribution in [1.29, 1.82) is 0 Å². The fraction of sp³-hybridized carbons (Fsp3) is 0.667. The lowest BCUT2D eigenvalue weighted by molar-refractivity contribution is 0.575. The zero-order chi connectivity index (χ0) is 13.8. The number of rotatable bonds is 11. The van der Waals surface area contributed by atoms with Gasteiger partial charge in [-0.05, 0) is 30.4 Å². The first kappa shape index (κ1) is 16.8. The van der Waals surface area contributed by atoms with Gasteiger partial charge in [0.05, 0.1) is 0 Å². The number of unbranched alkanes of at least 4 members (excludes halogenated alkanes) is 7. The van der Waals surface area contributed by atoms with E-state index < -0.39 is 0 Å². The number of halogens is 1. The van der Waals surface area contributed by atoms with Gasteiger partial charge in [-0.15, -0.1) is 0 Å². The van der Waals surface area contributed by atoms with E-state index in [9.17, 15) is 0 Å². The topological polar surface area (TPSA) is 0 Å². The minimum atomic E-state index is 1.06. The van der Waals surface area contributed by atoms with Crippen LogP contribution in [0, 0.1) is 0 Å². The Kier molecular flexibility index (Phi) is 10.2. The van der Waals surface area contributed by atoms with Crippen LogP contribution in [-0.4, -0.2) is 5.33 Å². The second-order valence-electron chi connectivity index (χ2n) is 5.48. The summed E-state index contributed by atoms with van der Waals surface area (Å²) in [4.78, 5) is 0. The molecule has 19 heavy (non-hydrogen) atoms. The molecule has 0 aromatic heterocycles. The van der Waals surface area contributed by atoms with Gasteiger partial charge in [-0.3, -0.25) is 0 Å². The predicted octanol–water partition coefficient (Wildman–Crippen LogP) is 6.31. The Bertz CT molecular complexity index is 302. The van der Waals surface area contributed by atoms with Gasteiger partial charge in [-0.1, -0.05) is 92.1 Å². The molecule has 0 aliphatic carbocycles. The number of hydrogen-bond acceptors (Lipinski definition) is 0. The van der Waals surface area contributed by atoms with Gasteiger partial charge in [0.2, 0.25) is 0 Å². The Morgan fingerprint density at radius 1 is 0.684 bits per heavy atom. The fourth-order valence-electron chi connectivity index (χ4n) is 2.44. The van der Waals surface area contributed by atoms with Crippen LogP contribution in [0.2, 0.25) is 0 Å². The van der Waals surface area contributed by atoms with E-state index in [0.29, 0.717) is 0 Å². The molecule has 0 saturated heterocycles. The van der Waals surface area contributed by atoms with Crippen LogP contribution in [0.1, 0.15) is 69.4 Å². The van der Waals surface area contributed by atoms with Crippen molar-refractivity contribution in [3.8, 4) is 0 Å². The maximum absolute atomic E-state index is 3.49. The van der Waals surface area contributed by atoms with E-state index in [1.807, 2.05) is 0 Å². The average Bonchev–Trinajstić information content (AvgIpc) is 2.44. The van der Waals surface area contributed by atoms with Crippen LogP contribution in [0.4, 0.5) is 0 Å². The molecule has 0 atom stereocenters. The summed E-state index contributed by atoms with van der Waals surface area (Å²) in [6.45, 7) is 2.28. The standard InChI is InChI=1S/C18H29Br/c1-2-3-4-5-6-7-8-9-10-17-11-13-18(14-12-17)15-16-19/h11-14H,2-10,15-16H2,1H3. The summed E-state index contributed by atoms with van der Waals surface area (Å²) in [5.74, 6) is 0. The van der Waals surface area contributed by atoms with Gasteiger partial charge >= 0.3 is 0 Å². The zero-order valence-corrected chi connectivity index (χ0v) is 14.1. The number of benzene rings is 1. The largest absolute Gasteiger partial charge is 0.0924 e. The lowest BCUT2D eigenvalue weighted by Gasteiger charge is -2.04. The van der Waals surface area contributed by atoms with Gasteiger partial charge < -0.3 is 0 Å². The SMILES string of the molecule is CCCCCCCCCCc1ccc(CCBr)cc1. The van der Waals surface area contributed by atoms with Crippen LogP contribution in [0.25, 0.3) is 0 Å². The molecule has 1 heteroatoms. The minimum Gasteiger partial charge on any atom is -0.0924 e. The Morgan fingerprint density at radius 2 is 1.16 bits per heavy atom. The second-order valence-corrected chi connectivity index (χ2v) is 6.27. The van der Waals surface area contributed by atoms with Gasteiger partial charge in [-0.25, -0.2) is 0 Å². The molecule has 1 rings (SSSR count). The zero-order valence-electron chi connectivity index (χ0n) is 12.5. The summed E-state index contributed by atoms with van der Waals surface area (Å²) < 4.78 is 0. The fourth-order valence-corrected chi connectivity index (χ4v) is 2.90. The van der Waals surface area contributed by atoms with E-state index in [4.69, 9.17) is 0 Å². The number of alkyl halides is 1. The van der Waals surface area contributed by atoms with E-state index >= 15 is 0 Å². The van der Waals surface area contributed by atoms with E-state index in [1.165, 1.54) is 68.9 Å². The van der Waals surface area contributed by atoms with Crippen molar-refractivity contribution in [2.45, 2.75) is 71.1 Å². The third-order valence-corrected chi connectivity index (χ3v) is 4.12. The summed E-state index contributed by atoms with van der Waals surface area (Å²) in [5.41, 5.74) is 2.95. The molecule has 1 aromatic rings. The molecule has 0 nitrogen and oxygen atoms in total. The Balaban J connectivity index is 2.02. The lowest BCUT2D eigenvalue weighted by atomic mass is 10.0. The molecule has 1 aromatic carbocycles. The molecular formula is C18H29Br. The Morgan fingerprint density at radius 3 is 1.68 bits per heavy atom. The maximum Gasteiger partial charge on any atom is 0.00718 e. The molecule has 0 N–H and O–H groups in total.